The maximum atomic E-state index is 13.1. The van der Waals surface area contributed by atoms with Crippen LogP contribution in [0.15, 0.2) is 63.7 Å². The van der Waals surface area contributed by atoms with E-state index in [1.807, 2.05) is 19.1 Å². The molecule has 27 heavy (non-hydrogen) atoms. The Hall–Kier alpha value is -2.15. The van der Waals surface area contributed by atoms with Gasteiger partial charge in [-0.15, -0.1) is 11.3 Å². The molecule has 0 saturated heterocycles. The van der Waals surface area contributed by atoms with Gasteiger partial charge in [0.1, 0.15) is 4.90 Å². The maximum absolute atomic E-state index is 13.1. The first-order valence-corrected chi connectivity index (χ1v) is 11.1. The van der Waals surface area contributed by atoms with Crippen LogP contribution >= 0.6 is 22.9 Å². The van der Waals surface area contributed by atoms with Crippen molar-refractivity contribution in [3.05, 3.63) is 74.9 Å². The molecule has 1 aliphatic heterocycles. The lowest BCUT2D eigenvalue weighted by Crippen LogP contribution is -2.23. The second-order valence-corrected chi connectivity index (χ2v) is 9.78. The zero-order valence-corrected chi connectivity index (χ0v) is 16.8. The van der Waals surface area contributed by atoms with Crippen LogP contribution in [0.4, 0.5) is 5.69 Å². The topological polar surface area (TPSA) is 63.2 Å². The lowest BCUT2D eigenvalue weighted by molar-refractivity contribution is -0.116. The van der Waals surface area contributed by atoms with E-state index < -0.39 is 9.84 Å². The van der Waals surface area contributed by atoms with Crippen molar-refractivity contribution >= 4 is 44.4 Å². The zero-order valence-electron chi connectivity index (χ0n) is 14.4. The minimum absolute atomic E-state index is 0.151. The number of halogens is 1. The fourth-order valence-corrected chi connectivity index (χ4v) is 6.24. The molecular formula is C20H16ClNO3S2. The predicted octanol–water partition coefficient (Wildman–Crippen LogP) is 5.02. The molecule has 1 atom stereocenters. The largest absolute Gasteiger partial charge is 0.324 e. The highest BCUT2D eigenvalue weighted by atomic mass is 35.5. The quantitative estimate of drug-likeness (QED) is 0.651. The second kappa shape index (κ2) is 6.78. The van der Waals surface area contributed by atoms with Gasteiger partial charge in [-0.2, -0.15) is 0 Å². The molecule has 0 radical (unpaired) electrons. The summed E-state index contributed by atoms with van der Waals surface area (Å²) in [5, 5.41) is 5.01. The van der Waals surface area contributed by atoms with Crippen molar-refractivity contribution in [3.8, 4) is 0 Å². The first-order valence-electron chi connectivity index (χ1n) is 8.35. The molecule has 0 bridgehead atoms. The minimum atomic E-state index is -3.72. The number of hydrogen-bond donors (Lipinski definition) is 1. The molecule has 0 aliphatic carbocycles. The Morgan fingerprint density at radius 3 is 2.41 bits per heavy atom. The summed E-state index contributed by atoms with van der Waals surface area (Å²) in [7, 11) is -3.72. The molecule has 1 N–H and O–H groups in total. The molecule has 1 aliphatic rings. The summed E-state index contributed by atoms with van der Waals surface area (Å²) in [5.41, 5.74) is 2.32. The van der Waals surface area contributed by atoms with Crippen LogP contribution in [0.1, 0.15) is 28.3 Å². The number of anilines is 1. The number of rotatable bonds is 3. The number of hydrogen-bond acceptors (Lipinski definition) is 4. The Morgan fingerprint density at radius 2 is 1.74 bits per heavy atom. The van der Waals surface area contributed by atoms with E-state index in [0.717, 1.165) is 16.0 Å². The third-order valence-electron chi connectivity index (χ3n) is 4.65. The van der Waals surface area contributed by atoms with Crippen molar-refractivity contribution in [1.82, 2.24) is 0 Å². The van der Waals surface area contributed by atoms with Gasteiger partial charge in [-0.3, -0.25) is 4.79 Å². The van der Waals surface area contributed by atoms with Crippen LogP contribution in [-0.4, -0.2) is 14.3 Å². The number of carbonyl (C=O) groups is 1. The number of thiophene rings is 1. The van der Waals surface area contributed by atoms with Gasteiger partial charge in [-0.05, 0) is 36.8 Å². The molecule has 0 unspecified atom stereocenters. The van der Waals surface area contributed by atoms with Gasteiger partial charge in [0, 0.05) is 27.6 Å². The molecule has 3 aromatic rings. The van der Waals surface area contributed by atoms with E-state index in [-0.39, 0.29) is 28.0 Å². The summed E-state index contributed by atoms with van der Waals surface area (Å²) in [6, 6.07) is 14.0. The van der Waals surface area contributed by atoms with Crippen LogP contribution in [0.3, 0.4) is 0 Å². The van der Waals surface area contributed by atoms with Crippen LogP contribution < -0.4 is 5.32 Å². The standard InChI is InChI=1S/C20H16ClNO3S2/c1-12-2-8-15(9-3-12)27(24,25)17-11-26-20-16(10-18(23)22-19(17)20)13-4-6-14(21)7-5-13/h2-9,11,16H,10H2,1H3,(H,22,23)/t16-/m1/s1. The van der Waals surface area contributed by atoms with Crippen LogP contribution in [0, 0.1) is 6.92 Å². The summed E-state index contributed by atoms with van der Waals surface area (Å²) < 4.78 is 26.2. The summed E-state index contributed by atoms with van der Waals surface area (Å²) in [5.74, 6) is -0.376. The molecule has 4 rings (SSSR count). The van der Waals surface area contributed by atoms with Crippen LogP contribution in [-0.2, 0) is 14.6 Å². The number of benzene rings is 2. The van der Waals surface area contributed by atoms with Gasteiger partial charge in [-0.1, -0.05) is 41.4 Å². The fourth-order valence-electron chi connectivity index (χ4n) is 3.21. The molecule has 2 heterocycles. The van der Waals surface area contributed by atoms with E-state index in [4.69, 9.17) is 11.6 Å². The predicted molar refractivity (Wildman–Crippen MR) is 107 cm³/mol. The Kier molecular flexibility index (Phi) is 4.58. The van der Waals surface area contributed by atoms with Crippen molar-refractivity contribution in [2.24, 2.45) is 0 Å². The van der Waals surface area contributed by atoms with Gasteiger partial charge in [0.05, 0.1) is 10.6 Å². The zero-order chi connectivity index (χ0) is 19.2. The third-order valence-corrected chi connectivity index (χ3v) is 7.94. The van der Waals surface area contributed by atoms with Crippen molar-refractivity contribution in [1.29, 1.82) is 0 Å². The molecular weight excluding hydrogens is 402 g/mol. The number of nitrogens with one attached hydrogen (secondary N) is 1. The van der Waals surface area contributed by atoms with Gasteiger partial charge in [0.25, 0.3) is 0 Å². The highest BCUT2D eigenvalue weighted by Gasteiger charge is 2.34. The first kappa shape index (κ1) is 18.2. The monoisotopic (exact) mass is 417 g/mol. The highest BCUT2D eigenvalue weighted by Crippen LogP contribution is 2.45. The highest BCUT2D eigenvalue weighted by molar-refractivity contribution is 7.91. The Balaban J connectivity index is 1.82. The summed E-state index contributed by atoms with van der Waals surface area (Å²) >= 11 is 7.33. The van der Waals surface area contributed by atoms with E-state index in [9.17, 15) is 13.2 Å². The molecule has 4 nitrogen and oxygen atoms in total. The minimum Gasteiger partial charge on any atom is -0.324 e. The molecule has 1 aromatic heterocycles. The number of carbonyl (C=O) groups excluding carboxylic acids is 1. The maximum Gasteiger partial charge on any atom is 0.225 e. The van der Waals surface area contributed by atoms with Gasteiger partial charge in [0.15, 0.2) is 0 Å². The molecule has 0 spiro atoms. The summed E-state index contributed by atoms with van der Waals surface area (Å²) in [6.45, 7) is 1.90. The second-order valence-electron chi connectivity index (χ2n) is 6.51. The average molecular weight is 418 g/mol. The average Bonchev–Trinajstić information content (AvgIpc) is 3.06. The SMILES string of the molecule is Cc1ccc(S(=O)(=O)c2csc3c2NC(=O)C[C@@H]3c2ccc(Cl)cc2)cc1. The molecule has 2 aromatic carbocycles. The normalized spacial score (nSPS) is 16.7. The van der Waals surface area contributed by atoms with Crippen molar-refractivity contribution in [2.45, 2.75) is 29.1 Å². The number of fused-ring (bicyclic) bond motifs is 1. The van der Waals surface area contributed by atoms with E-state index in [1.165, 1.54) is 11.3 Å². The Bertz CT molecular complexity index is 1120. The summed E-state index contributed by atoms with van der Waals surface area (Å²) in [6.07, 6.45) is 0.277. The van der Waals surface area contributed by atoms with E-state index in [2.05, 4.69) is 5.32 Å². The van der Waals surface area contributed by atoms with Crippen LogP contribution in [0.5, 0.6) is 0 Å². The number of amides is 1. The van der Waals surface area contributed by atoms with Gasteiger partial charge >= 0.3 is 0 Å². The molecule has 0 saturated carbocycles. The Morgan fingerprint density at radius 1 is 1.07 bits per heavy atom. The Labute approximate surface area is 166 Å². The fraction of sp³-hybridized carbons (Fsp3) is 0.150. The third kappa shape index (κ3) is 3.29. The van der Waals surface area contributed by atoms with Gasteiger partial charge in [-0.25, -0.2) is 8.42 Å². The first-order chi connectivity index (χ1) is 12.9. The van der Waals surface area contributed by atoms with E-state index in [1.54, 1.807) is 41.8 Å². The molecule has 0 fully saturated rings. The van der Waals surface area contributed by atoms with E-state index in [0.29, 0.717) is 10.7 Å². The number of aryl methyl sites for hydroxylation is 1. The van der Waals surface area contributed by atoms with Crippen LogP contribution in [0.2, 0.25) is 5.02 Å². The lowest BCUT2D eigenvalue weighted by Gasteiger charge is -2.23. The van der Waals surface area contributed by atoms with Crippen molar-refractivity contribution < 1.29 is 13.2 Å². The summed E-state index contributed by atoms with van der Waals surface area (Å²) in [4.78, 5) is 13.5. The molecule has 7 heteroatoms. The van der Waals surface area contributed by atoms with E-state index >= 15 is 0 Å². The van der Waals surface area contributed by atoms with Gasteiger partial charge < -0.3 is 5.32 Å². The van der Waals surface area contributed by atoms with Gasteiger partial charge in [0.2, 0.25) is 15.7 Å². The number of sulfone groups is 1. The van der Waals surface area contributed by atoms with Crippen molar-refractivity contribution in [2.75, 3.05) is 5.32 Å². The van der Waals surface area contributed by atoms with Crippen molar-refractivity contribution in [3.63, 3.8) is 0 Å². The lowest BCUT2D eigenvalue weighted by atomic mass is 9.91. The smallest absolute Gasteiger partial charge is 0.225 e. The van der Waals surface area contributed by atoms with Crippen LogP contribution in [0.25, 0.3) is 0 Å². The molecule has 1 amide bonds. The molecule has 138 valence electrons.